The van der Waals surface area contributed by atoms with E-state index in [1.807, 2.05) is 0 Å². The fourth-order valence-electron chi connectivity index (χ4n) is 3.03. The van der Waals surface area contributed by atoms with Gasteiger partial charge in [0.05, 0.1) is 6.26 Å². The Balaban J connectivity index is 1.29. The van der Waals surface area contributed by atoms with Gasteiger partial charge in [-0.2, -0.15) is 5.10 Å². The molecule has 0 radical (unpaired) electrons. The van der Waals surface area contributed by atoms with Crippen LogP contribution in [0.1, 0.15) is 35.6 Å². The third-order valence-electron chi connectivity index (χ3n) is 4.37. The van der Waals surface area contributed by atoms with Crippen molar-refractivity contribution in [2.45, 2.75) is 38.8 Å². The Bertz CT molecular complexity index is 950. The van der Waals surface area contributed by atoms with Crippen molar-refractivity contribution in [1.29, 1.82) is 0 Å². The number of rotatable bonds is 6. The summed E-state index contributed by atoms with van der Waals surface area (Å²) < 4.78 is 13.5. The summed E-state index contributed by atoms with van der Waals surface area (Å²) >= 11 is 0. The van der Waals surface area contributed by atoms with Gasteiger partial charge in [0, 0.05) is 32.1 Å². The van der Waals surface area contributed by atoms with Crippen LogP contribution in [-0.4, -0.2) is 32.0 Å². The van der Waals surface area contributed by atoms with Crippen LogP contribution in [0.3, 0.4) is 0 Å². The van der Waals surface area contributed by atoms with Gasteiger partial charge in [-0.1, -0.05) is 5.16 Å². The van der Waals surface area contributed by atoms with Crippen LogP contribution in [0.2, 0.25) is 0 Å². The van der Waals surface area contributed by atoms with E-state index in [0.717, 1.165) is 31.6 Å². The molecule has 3 aromatic rings. The molecule has 0 aromatic carbocycles. The van der Waals surface area contributed by atoms with Crippen LogP contribution < -0.4 is 11.0 Å². The molecule has 9 nitrogen and oxygen atoms in total. The van der Waals surface area contributed by atoms with Gasteiger partial charge in [0.25, 0.3) is 5.91 Å². The number of nitrogens with zero attached hydrogens (tertiary/aromatic N) is 4. The Labute approximate surface area is 148 Å². The van der Waals surface area contributed by atoms with Crippen molar-refractivity contribution < 1.29 is 13.7 Å². The van der Waals surface area contributed by atoms with Crippen LogP contribution >= 0.6 is 0 Å². The number of amides is 1. The number of furan rings is 1. The molecule has 9 heteroatoms. The summed E-state index contributed by atoms with van der Waals surface area (Å²) in [6.07, 6.45) is 5.07. The van der Waals surface area contributed by atoms with E-state index < -0.39 is 0 Å². The molecular weight excluding hydrogens is 338 g/mol. The minimum absolute atomic E-state index is 0.0642. The molecule has 3 aromatic heterocycles. The zero-order valence-electron chi connectivity index (χ0n) is 14.2. The van der Waals surface area contributed by atoms with E-state index in [-0.39, 0.29) is 17.3 Å². The molecule has 0 saturated carbocycles. The minimum Gasteiger partial charge on any atom is -0.461 e. The van der Waals surface area contributed by atoms with Crippen molar-refractivity contribution in [3.8, 4) is 11.5 Å². The summed E-state index contributed by atoms with van der Waals surface area (Å²) in [5, 5.41) is 10.9. The molecule has 26 heavy (non-hydrogen) atoms. The highest BCUT2D eigenvalue weighted by atomic mass is 16.5. The molecule has 0 saturated heterocycles. The number of carbonyl (C=O) groups excluding carboxylic acids is 1. The number of aromatic nitrogens is 4. The van der Waals surface area contributed by atoms with Crippen molar-refractivity contribution in [2.75, 3.05) is 6.54 Å². The van der Waals surface area contributed by atoms with Gasteiger partial charge < -0.3 is 14.3 Å². The normalized spacial score (nSPS) is 13.5. The molecule has 0 spiro atoms. The van der Waals surface area contributed by atoms with Gasteiger partial charge in [-0.15, -0.1) is 0 Å². The van der Waals surface area contributed by atoms with Crippen LogP contribution in [0, 0.1) is 0 Å². The third kappa shape index (κ3) is 3.19. The quantitative estimate of drug-likeness (QED) is 0.669. The van der Waals surface area contributed by atoms with E-state index >= 15 is 0 Å². The molecule has 1 N–H and O–H groups in total. The molecular formula is C17H19N5O4. The van der Waals surface area contributed by atoms with E-state index in [1.165, 1.54) is 17.0 Å². The summed E-state index contributed by atoms with van der Waals surface area (Å²) in [4.78, 5) is 24.3. The van der Waals surface area contributed by atoms with E-state index in [1.54, 1.807) is 16.7 Å². The molecule has 0 bridgehead atoms. The molecule has 4 heterocycles. The molecule has 0 unspecified atom stereocenters. The topological polar surface area (TPSA) is 108 Å². The molecule has 1 aliphatic heterocycles. The van der Waals surface area contributed by atoms with Gasteiger partial charge >= 0.3 is 5.69 Å². The average molecular weight is 357 g/mol. The average Bonchev–Trinajstić information content (AvgIpc) is 3.39. The number of hydrogen-bond donors (Lipinski definition) is 1. The van der Waals surface area contributed by atoms with Gasteiger partial charge in [0.2, 0.25) is 5.76 Å². The van der Waals surface area contributed by atoms with E-state index in [4.69, 9.17) is 8.94 Å². The second-order valence-electron chi connectivity index (χ2n) is 6.19. The highest BCUT2D eigenvalue weighted by molar-refractivity contribution is 5.92. The zero-order valence-corrected chi connectivity index (χ0v) is 14.2. The summed E-state index contributed by atoms with van der Waals surface area (Å²) in [5.74, 6) is 1.44. The molecule has 1 aliphatic rings. The van der Waals surface area contributed by atoms with Crippen molar-refractivity contribution in [2.24, 2.45) is 0 Å². The fourth-order valence-corrected chi connectivity index (χ4v) is 3.03. The molecule has 136 valence electrons. The number of hydrogen-bond acceptors (Lipinski definition) is 6. The second-order valence-corrected chi connectivity index (χ2v) is 6.19. The minimum atomic E-state index is -0.331. The molecule has 1 amide bonds. The maximum Gasteiger partial charge on any atom is 0.345 e. The Morgan fingerprint density at radius 3 is 3.04 bits per heavy atom. The Hall–Kier alpha value is -3.10. The number of fused-ring (bicyclic) bond motifs is 1. The van der Waals surface area contributed by atoms with Crippen LogP contribution in [0.4, 0.5) is 0 Å². The van der Waals surface area contributed by atoms with Gasteiger partial charge in [-0.25, -0.2) is 9.48 Å². The summed E-state index contributed by atoms with van der Waals surface area (Å²) in [5.41, 5.74) is 0.122. The maximum atomic E-state index is 12.2. The summed E-state index contributed by atoms with van der Waals surface area (Å²) in [6, 6.07) is 4.99. The van der Waals surface area contributed by atoms with Crippen molar-refractivity contribution in [3.63, 3.8) is 0 Å². The van der Waals surface area contributed by atoms with Gasteiger partial charge in [-0.3, -0.25) is 9.36 Å². The van der Waals surface area contributed by atoms with E-state index in [9.17, 15) is 9.59 Å². The first kappa shape index (κ1) is 16.4. The molecule has 4 rings (SSSR count). The van der Waals surface area contributed by atoms with Crippen molar-refractivity contribution in [1.82, 2.24) is 24.8 Å². The maximum absolute atomic E-state index is 12.2. The monoisotopic (exact) mass is 357 g/mol. The van der Waals surface area contributed by atoms with Crippen molar-refractivity contribution >= 4 is 5.91 Å². The summed E-state index contributed by atoms with van der Waals surface area (Å²) in [7, 11) is 0. The molecule has 0 atom stereocenters. The fraction of sp³-hybridized carbons (Fsp3) is 0.412. The van der Waals surface area contributed by atoms with Gasteiger partial charge in [-0.05, 0) is 31.4 Å². The number of carbonyl (C=O) groups is 1. The van der Waals surface area contributed by atoms with Crippen molar-refractivity contribution in [3.05, 3.63) is 46.5 Å². The van der Waals surface area contributed by atoms with E-state index in [2.05, 4.69) is 15.6 Å². The smallest absolute Gasteiger partial charge is 0.345 e. The van der Waals surface area contributed by atoms with Gasteiger partial charge in [0.15, 0.2) is 11.5 Å². The highest BCUT2D eigenvalue weighted by Gasteiger charge is 2.17. The van der Waals surface area contributed by atoms with Crippen LogP contribution in [-0.2, 0) is 19.5 Å². The number of aryl methyl sites for hydroxylation is 2. The zero-order chi connectivity index (χ0) is 17.9. The first-order valence-electron chi connectivity index (χ1n) is 8.68. The highest BCUT2D eigenvalue weighted by Crippen LogP contribution is 2.20. The lowest BCUT2D eigenvalue weighted by Crippen LogP contribution is -2.29. The van der Waals surface area contributed by atoms with Crippen LogP contribution in [0.15, 0.2) is 38.2 Å². The molecule has 0 aliphatic carbocycles. The first-order valence-corrected chi connectivity index (χ1v) is 8.68. The van der Waals surface area contributed by atoms with Gasteiger partial charge in [0.1, 0.15) is 5.82 Å². The lowest BCUT2D eigenvalue weighted by atomic mass is 10.2. The Morgan fingerprint density at radius 2 is 2.23 bits per heavy atom. The lowest BCUT2D eigenvalue weighted by Gasteiger charge is -2.09. The van der Waals surface area contributed by atoms with Crippen LogP contribution in [0.5, 0.6) is 0 Å². The molecule has 0 fully saturated rings. The second kappa shape index (κ2) is 7.03. The predicted octanol–water partition coefficient (Wildman–Crippen LogP) is 1.45. The Morgan fingerprint density at radius 1 is 1.31 bits per heavy atom. The standard InChI is InChI=1S/C17H19N5O4/c23-16(12-11-14(26-20-12)13-5-3-10-25-13)18-7-4-9-22-17(24)21-8-2-1-6-15(21)19-22/h3,5,10-11H,1-2,4,6-9H2,(H,18,23). The predicted molar refractivity (Wildman–Crippen MR) is 90.6 cm³/mol. The van der Waals surface area contributed by atoms with Crippen LogP contribution in [0.25, 0.3) is 11.5 Å². The first-order chi connectivity index (χ1) is 12.7. The Kier molecular flexibility index (Phi) is 4.42. The largest absolute Gasteiger partial charge is 0.461 e. The SMILES string of the molecule is O=C(NCCCn1nc2n(c1=O)CCCC2)c1cc(-c2ccco2)on1. The lowest BCUT2D eigenvalue weighted by molar-refractivity contribution is 0.0943. The summed E-state index contributed by atoms with van der Waals surface area (Å²) in [6.45, 7) is 1.63. The third-order valence-corrected chi connectivity index (χ3v) is 4.37. The van der Waals surface area contributed by atoms with E-state index in [0.29, 0.717) is 31.0 Å². The number of nitrogens with one attached hydrogen (secondary N) is 1.